The fourth-order valence-electron chi connectivity index (χ4n) is 1.32. The Morgan fingerprint density at radius 2 is 2.07 bits per heavy atom. The van der Waals surface area contributed by atoms with Gasteiger partial charge in [-0.2, -0.15) is 0 Å². The third-order valence-electron chi connectivity index (χ3n) is 2.13. The minimum Gasteiger partial charge on any atom is -0.241 e. The third kappa shape index (κ3) is 2.13. The van der Waals surface area contributed by atoms with E-state index in [2.05, 4.69) is 25.8 Å². The molecule has 0 atom stereocenters. The van der Waals surface area contributed by atoms with Gasteiger partial charge < -0.3 is 0 Å². The molecule has 2 rings (SSSR count). The second-order valence-electron chi connectivity index (χ2n) is 4.69. The number of thiazole rings is 1. The monoisotopic (exact) mass is 243 g/mol. The molecule has 0 aromatic carbocycles. The number of hydrogen-bond donors (Lipinski definition) is 0. The van der Waals surface area contributed by atoms with E-state index in [1.165, 1.54) is 16.7 Å². The van der Waals surface area contributed by atoms with Crippen LogP contribution in [0.3, 0.4) is 0 Å². The molecule has 2 heterocycles. The predicted molar refractivity (Wildman–Crippen MR) is 62.5 cm³/mol. The summed E-state index contributed by atoms with van der Waals surface area (Å²) in [7, 11) is -3.04. The van der Waals surface area contributed by atoms with Gasteiger partial charge in [-0.3, -0.25) is 0 Å². The predicted octanol–water partition coefficient (Wildman–Crippen LogP) is 2.34. The van der Waals surface area contributed by atoms with Crippen molar-refractivity contribution in [2.45, 2.75) is 31.9 Å². The van der Waals surface area contributed by atoms with Gasteiger partial charge in [-0.05, 0) is 6.08 Å². The molecule has 1 aliphatic heterocycles. The first-order chi connectivity index (χ1) is 6.78. The molecule has 0 spiro atoms. The van der Waals surface area contributed by atoms with E-state index in [-0.39, 0.29) is 11.2 Å². The first-order valence-electron chi connectivity index (χ1n) is 4.69. The minimum atomic E-state index is -3.04. The van der Waals surface area contributed by atoms with Crippen LogP contribution < -0.4 is 0 Å². The molecule has 0 unspecified atom stereocenters. The first-order valence-corrected chi connectivity index (χ1v) is 7.22. The Labute approximate surface area is 93.8 Å². The van der Waals surface area contributed by atoms with Crippen molar-refractivity contribution in [2.75, 3.05) is 0 Å². The molecular weight excluding hydrogens is 230 g/mol. The molecule has 0 saturated heterocycles. The van der Waals surface area contributed by atoms with E-state index >= 15 is 0 Å². The van der Waals surface area contributed by atoms with Crippen LogP contribution >= 0.6 is 11.3 Å². The summed E-state index contributed by atoms with van der Waals surface area (Å²) in [4.78, 5) is 5.32. The second kappa shape index (κ2) is 3.15. The zero-order valence-electron chi connectivity index (χ0n) is 8.94. The summed E-state index contributed by atoms with van der Waals surface area (Å²) in [6.07, 6.45) is 1.60. The van der Waals surface area contributed by atoms with Crippen LogP contribution in [0.2, 0.25) is 0 Å². The molecule has 0 radical (unpaired) electrons. The molecule has 5 heteroatoms. The van der Waals surface area contributed by atoms with Crippen molar-refractivity contribution < 1.29 is 8.42 Å². The van der Waals surface area contributed by atoms with Crippen LogP contribution in [-0.4, -0.2) is 13.4 Å². The fourth-order valence-corrected chi connectivity index (χ4v) is 3.89. The molecule has 3 nitrogen and oxygen atoms in total. The van der Waals surface area contributed by atoms with Crippen LogP contribution in [0, 0.1) is 0 Å². The van der Waals surface area contributed by atoms with Crippen LogP contribution in [0.1, 0.15) is 36.3 Å². The van der Waals surface area contributed by atoms with Crippen LogP contribution in [0.4, 0.5) is 0 Å². The van der Waals surface area contributed by atoms with E-state index < -0.39 is 9.84 Å². The SMILES string of the molecule is CC(C)(C)c1nc2c(s1)CS(=O)(=O)C=C2. The van der Waals surface area contributed by atoms with Crippen molar-refractivity contribution in [1.82, 2.24) is 4.98 Å². The molecule has 0 fully saturated rings. The molecule has 82 valence electrons. The molecule has 0 bridgehead atoms. The zero-order chi connectivity index (χ0) is 11.3. The lowest BCUT2D eigenvalue weighted by Gasteiger charge is -2.13. The normalized spacial score (nSPS) is 18.9. The number of fused-ring (bicyclic) bond motifs is 1. The molecule has 0 N–H and O–H groups in total. The highest BCUT2D eigenvalue weighted by molar-refractivity contribution is 7.93. The van der Waals surface area contributed by atoms with Gasteiger partial charge in [0.05, 0.1) is 16.5 Å². The van der Waals surface area contributed by atoms with E-state index in [4.69, 9.17) is 0 Å². The van der Waals surface area contributed by atoms with Gasteiger partial charge in [-0.25, -0.2) is 13.4 Å². The molecule has 0 aliphatic carbocycles. The van der Waals surface area contributed by atoms with Gasteiger partial charge in [-0.1, -0.05) is 20.8 Å². The van der Waals surface area contributed by atoms with E-state index in [0.717, 1.165) is 15.6 Å². The van der Waals surface area contributed by atoms with Crippen molar-refractivity contribution in [3.05, 3.63) is 21.0 Å². The molecule has 15 heavy (non-hydrogen) atoms. The molecule has 0 amide bonds. The van der Waals surface area contributed by atoms with Crippen molar-refractivity contribution in [2.24, 2.45) is 0 Å². The maximum Gasteiger partial charge on any atom is 0.176 e. The summed E-state index contributed by atoms with van der Waals surface area (Å²) in [6.45, 7) is 6.24. The van der Waals surface area contributed by atoms with Gasteiger partial charge in [0.1, 0.15) is 0 Å². The standard InChI is InChI=1S/C10H13NO2S2/c1-10(2,3)9-11-7-4-5-15(12,13)6-8(7)14-9/h4-5H,6H2,1-3H3. The van der Waals surface area contributed by atoms with E-state index in [9.17, 15) is 8.42 Å². The molecule has 1 aliphatic rings. The summed E-state index contributed by atoms with van der Waals surface area (Å²) in [5, 5.41) is 2.25. The molecule has 0 saturated carbocycles. The van der Waals surface area contributed by atoms with Gasteiger partial charge in [-0.15, -0.1) is 11.3 Å². The highest BCUT2D eigenvalue weighted by atomic mass is 32.2. The van der Waals surface area contributed by atoms with E-state index in [1.54, 1.807) is 6.08 Å². The highest BCUT2D eigenvalue weighted by Gasteiger charge is 2.25. The van der Waals surface area contributed by atoms with Crippen LogP contribution in [0.25, 0.3) is 6.08 Å². The van der Waals surface area contributed by atoms with Crippen molar-refractivity contribution in [1.29, 1.82) is 0 Å². The van der Waals surface area contributed by atoms with Gasteiger partial charge >= 0.3 is 0 Å². The van der Waals surface area contributed by atoms with Gasteiger partial charge in [0.25, 0.3) is 0 Å². The Kier molecular flexibility index (Phi) is 2.28. The quantitative estimate of drug-likeness (QED) is 0.702. The summed E-state index contributed by atoms with van der Waals surface area (Å²) < 4.78 is 22.7. The van der Waals surface area contributed by atoms with Gasteiger partial charge in [0, 0.05) is 15.7 Å². The molecule has 1 aromatic heterocycles. The smallest absolute Gasteiger partial charge is 0.176 e. The van der Waals surface area contributed by atoms with Crippen molar-refractivity contribution in [3.8, 4) is 0 Å². The first kappa shape index (κ1) is 10.8. The average Bonchev–Trinajstić information content (AvgIpc) is 2.43. The maximum absolute atomic E-state index is 11.4. The van der Waals surface area contributed by atoms with Gasteiger partial charge in [0.15, 0.2) is 9.84 Å². The van der Waals surface area contributed by atoms with E-state index in [0.29, 0.717) is 0 Å². The minimum absolute atomic E-state index is 0.0143. The third-order valence-corrected chi connectivity index (χ3v) is 5.06. The number of hydrogen-bond acceptors (Lipinski definition) is 4. The van der Waals surface area contributed by atoms with E-state index in [1.807, 2.05) is 0 Å². The lowest BCUT2D eigenvalue weighted by molar-refractivity contribution is 0.585. The molecule has 1 aromatic rings. The lowest BCUT2D eigenvalue weighted by atomic mass is 9.98. The lowest BCUT2D eigenvalue weighted by Crippen LogP contribution is -2.10. The zero-order valence-corrected chi connectivity index (χ0v) is 10.6. The van der Waals surface area contributed by atoms with Crippen molar-refractivity contribution >= 4 is 27.3 Å². The summed E-state index contributed by atoms with van der Waals surface area (Å²) in [6, 6.07) is 0. The van der Waals surface area contributed by atoms with Crippen LogP contribution in [0.5, 0.6) is 0 Å². The highest BCUT2D eigenvalue weighted by Crippen LogP contribution is 2.33. The Balaban J connectivity index is 2.49. The Bertz CT molecular complexity index is 518. The Hall–Kier alpha value is -0.680. The number of aromatic nitrogens is 1. The topological polar surface area (TPSA) is 47.0 Å². The molecular formula is C10H13NO2S2. The fraction of sp³-hybridized carbons (Fsp3) is 0.500. The number of nitrogens with zero attached hydrogens (tertiary/aromatic N) is 1. The Morgan fingerprint density at radius 3 is 2.67 bits per heavy atom. The van der Waals surface area contributed by atoms with Crippen LogP contribution in [-0.2, 0) is 21.0 Å². The Morgan fingerprint density at radius 1 is 1.40 bits per heavy atom. The maximum atomic E-state index is 11.4. The number of rotatable bonds is 0. The summed E-state index contributed by atoms with van der Waals surface area (Å²) in [5.74, 6) is 0.104. The summed E-state index contributed by atoms with van der Waals surface area (Å²) in [5.41, 5.74) is 0.805. The van der Waals surface area contributed by atoms with Gasteiger partial charge in [0.2, 0.25) is 0 Å². The van der Waals surface area contributed by atoms with Crippen LogP contribution in [0.15, 0.2) is 5.41 Å². The van der Waals surface area contributed by atoms with Crippen molar-refractivity contribution in [3.63, 3.8) is 0 Å². The summed E-state index contributed by atoms with van der Waals surface area (Å²) >= 11 is 1.50. The largest absolute Gasteiger partial charge is 0.241 e. The average molecular weight is 243 g/mol. The second-order valence-corrected chi connectivity index (χ2v) is 7.66. The number of sulfone groups is 1.